The summed E-state index contributed by atoms with van der Waals surface area (Å²) in [7, 11) is 0. The van der Waals surface area contributed by atoms with E-state index in [0.717, 1.165) is 25.7 Å². The molecule has 1 aromatic carbocycles. The van der Waals surface area contributed by atoms with E-state index in [1.54, 1.807) is 19.1 Å². The fraction of sp³-hybridized carbons (Fsp3) is 0.625. The molecule has 0 saturated heterocycles. The van der Waals surface area contributed by atoms with Crippen LogP contribution in [0.25, 0.3) is 0 Å². The fourth-order valence-electron chi connectivity index (χ4n) is 3.30. The van der Waals surface area contributed by atoms with E-state index in [0.29, 0.717) is 18.0 Å². The highest BCUT2D eigenvalue weighted by molar-refractivity contribution is 5.26. The van der Waals surface area contributed by atoms with Crippen molar-refractivity contribution in [3.05, 3.63) is 35.6 Å². The lowest BCUT2D eigenvalue weighted by molar-refractivity contribution is -0.0971. The Kier molecular flexibility index (Phi) is 3.98. The van der Waals surface area contributed by atoms with Crippen LogP contribution in [0.2, 0.25) is 0 Å². The first-order valence-corrected chi connectivity index (χ1v) is 7.10. The van der Waals surface area contributed by atoms with Gasteiger partial charge in [-0.2, -0.15) is 0 Å². The van der Waals surface area contributed by atoms with Crippen LogP contribution in [0.5, 0.6) is 0 Å². The lowest BCUT2D eigenvalue weighted by Gasteiger charge is -2.49. The molecule has 1 atom stereocenters. The highest BCUT2D eigenvalue weighted by Crippen LogP contribution is 2.50. The van der Waals surface area contributed by atoms with Gasteiger partial charge in [0.05, 0.1) is 5.60 Å². The Morgan fingerprint density at radius 3 is 2.58 bits per heavy atom. The van der Waals surface area contributed by atoms with Gasteiger partial charge in [0.15, 0.2) is 0 Å². The second kappa shape index (κ2) is 5.22. The fourth-order valence-corrected chi connectivity index (χ4v) is 3.30. The van der Waals surface area contributed by atoms with Crippen molar-refractivity contribution >= 4 is 0 Å². The summed E-state index contributed by atoms with van der Waals surface area (Å²) in [4.78, 5) is 0. The van der Waals surface area contributed by atoms with Crippen molar-refractivity contribution in [1.29, 1.82) is 0 Å². The first-order chi connectivity index (χ1) is 8.91. The summed E-state index contributed by atoms with van der Waals surface area (Å²) in [6, 6.07) is 6.26. The third kappa shape index (κ3) is 2.54. The first-order valence-electron chi connectivity index (χ1n) is 7.10. The predicted molar refractivity (Wildman–Crippen MR) is 75.1 cm³/mol. The zero-order valence-electron chi connectivity index (χ0n) is 11.8. The molecule has 1 aliphatic rings. The molecule has 1 saturated carbocycles. The van der Waals surface area contributed by atoms with Gasteiger partial charge in [0.1, 0.15) is 5.82 Å². The van der Waals surface area contributed by atoms with Gasteiger partial charge >= 0.3 is 0 Å². The highest BCUT2D eigenvalue weighted by Gasteiger charge is 2.48. The van der Waals surface area contributed by atoms with Gasteiger partial charge in [0, 0.05) is 12.0 Å². The highest BCUT2D eigenvalue weighted by atomic mass is 19.1. The molecule has 3 heteroatoms. The molecule has 0 heterocycles. The van der Waals surface area contributed by atoms with E-state index in [-0.39, 0.29) is 11.2 Å². The maximum Gasteiger partial charge on any atom is 0.123 e. The van der Waals surface area contributed by atoms with Crippen LogP contribution in [0, 0.1) is 17.2 Å². The third-order valence-corrected chi connectivity index (χ3v) is 5.04. The van der Waals surface area contributed by atoms with Crippen LogP contribution in [-0.2, 0) is 5.60 Å². The number of hydrogen-bond donors (Lipinski definition) is 2. The topological polar surface area (TPSA) is 46.2 Å². The minimum absolute atomic E-state index is 0.311. The third-order valence-electron chi connectivity index (χ3n) is 5.04. The largest absolute Gasteiger partial charge is 0.385 e. The van der Waals surface area contributed by atoms with Crippen LogP contribution in [-0.4, -0.2) is 11.7 Å². The maximum absolute atomic E-state index is 13.4. The Balaban J connectivity index is 2.35. The first kappa shape index (κ1) is 14.5. The van der Waals surface area contributed by atoms with Crippen molar-refractivity contribution < 1.29 is 9.50 Å². The van der Waals surface area contributed by atoms with Gasteiger partial charge in [0.25, 0.3) is 0 Å². The summed E-state index contributed by atoms with van der Waals surface area (Å²) in [6.07, 6.45) is 3.94. The van der Waals surface area contributed by atoms with Crippen molar-refractivity contribution in [3.63, 3.8) is 0 Å². The van der Waals surface area contributed by atoms with Gasteiger partial charge in [0.2, 0.25) is 0 Å². The summed E-state index contributed by atoms with van der Waals surface area (Å²) in [5.41, 5.74) is 5.20. The van der Waals surface area contributed by atoms with E-state index < -0.39 is 5.60 Å². The molecule has 1 unspecified atom stereocenters. The number of nitrogens with two attached hydrogens (primary N) is 1. The monoisotopic (exact) mass is 265 g/mol. The zero-order chi connectivity index (χ0) is 14.1. The summed E-state index contributed by atoms with van der Waals surface area (Å²) in [6.45, 7) is 4.45. The van der Waals surface area contributed by atoms with Crippen molar-refractivity contribution in [2.75, 3.05) is 6.54 Å². The Labute approximate surface area is 114 Å². The van der Waals surface area contributed by atoms with Crippen molar-refractivity contribution in [2.24, 2.45) is 17.1 Å². The second-order valence-corrected chi connectivity index (χ2v) is 6.25. The van der Waals surface area contributed by atoms with Crippen LogP contribution in [0.4, 0.5) is 4.39 Å². The second-order valence-electron chi connectivity index (χ2n) is 6.25. The molecule has 1 aromatic rings. The van der Waals surface area contributed by atoms with Gasteiger partial charge in [-0.25, -0.2) is 4.39 Å². The van der Waals surface area contributed by atoms with Crippen LogP contribution in [0.15, 0.2) is 24.3 Å². The summed E-state index contributed by atoms with van der Waals surface area (Å²) in [5.74, 6) is 0.372. The standard InChI is InChI=1S/C16H24FNO/c1-12-6-8-16(11-18,9-7-12)15(2,19)13-4-3-5-14(17)10-13/h3-5,10,12,19H,6-9,11,18H2,1-2H3. The van der Waals surface area contributed by atoms with Gasteiger partial charge in [-0.3, -0.25) is 0 Å². The number of halogens is 1. The molecule has 2 nitrogen and oxygen atoms in total. The molecule has 0 aliphatic heterocycles. The van der Waals surface area contributed by atoms with Crippen LogP contribution in [0.3, 0.4) is 0 Å². The summed E-state index contributed by atoms with van der Waals surface area (Å²) >= 11 is 0. The SMILES string of the molecule is CC1CCC(CN)(C(C)(O)c2cccc(F)c2)CC1. The zero-order valence-corrected chi connectivity index (χ0v) is 11.8. The molecule has 1 fully saturated rings. The van der Waals surface area contributed by atoms with Crippen molar-refractivity contribution in [2.45, 2.75) is 45.1 Å². The van der Waals surface area contributed by atoms with E-state index in [2.05, 4.69) is 6.92 Å². The molecule has 0 bridgehead atoms. The molecular weight excluding hydrogens is 241 g/mol. The molecule has 0 amide bonds. The number of aliphatic hydroxyl groups is 1. The molecule has 0 spiro atoms. The van der Waals surface area contributed by atoms with E-state index in [4.69, 9.17) is 5.73 Å². The lowest BCUT2D eigenvalue weighted by Crippen LogP contribution is -2.50. The van der Waals surface area contributed by atoms with Crippen LogP contribution < -0.4 is 5.73 Å². The van der Waals surface area contributed by atoms with E-state index in [9.17, 15) is 9.50 Å². The van der Waals surface area contributed by atoms with Gasteiger partial charge < -0.3 is 10.8 Å². The maximum atomic E-state index is 13.4. The summed E-state index contributed by atoms with van der Waals surface area (Å²) < 4.78 is 13.4. The minimum atomic E-state index is -1.08. The number of rotatable bonds is 3. The van der Waals surface area contributed by atoms with Gasteiger partial charge in [-0.1, -0.05) is 31.9 Å². The molecular formula is C16H24FNO. The van der Waals surface area contributed by atoms with E-state index in [1.165, 1.54) is 12.1 Å². The van der Waals surface area contributed by atoms with Gasteiger partial charge in [-0.15, -0.1) is 0 Å². The Morgan fingerprint density at radius 1 is 1.42 bits per heavy atom. The van der Waals surface area contributed by atoms with Crippen molar-refractivity contribution in [1.82, 2.24) is 0 Å². The summed E-state index contributed by atoms with van der Waals surface area (Å²) in [5, 5.41) is 11.0. The quantitative estimate of drug-likeness (QED) is 0.881. The van der Waals surface area contributed by atoms with Crippen LogP contribution in [0.1, 0.15) is 45.1 Å². The smallest absolute Gasteiger partial charge is 0.123 e. The Bertz CT molecular complexity index is 436. The average molecular weight is 265 g/mol. The lowest BCUT2D eigenvalue weighted by atomic mass is 9.60. The van der Waals surface area contributed by atoms with Gasteiger partial charge in [-0.05, 0) is 43.4 Å². The normalized spacial score (nSPS) is 30.9. The predicted octanol–water partition coefficient (Wildman–Crippen LogP) is 3.19. The average Bonchev–Trinajstić information content (AvgIpc) is 2.40. The Morgan fingerprint density at radius 2 is 2.05 bits per heavy atom. The molecule has 19 heavy (non-hydrogen) atoms. The molecule has 106 valence electrons. The molecule has 0 radical (unpaired) electrons. The van der Waals surface area contributed by atoms with E-state index >= 15 is 0 Å². The number of hydrogen-bond acceptors (Lipinski definition) is 2. The van der Waals surface area contributed by atoms with Crippen molar-refractivity contribution in [3.8, 4) is 0 Å². The molecule has 3 N–H and O–H groups in total. The molecule has 1 aliphatic carbocycles. The Hall–Kier alpha value is -0.930. The molecule has 0 aromatic heterocycles. The van der Waals surface area contributed by atoms with Crippen LogP contribution >= 0.6 is 0 Å². The number of benzene rings is 1. The minimum Gasteiger partial charge on any atom is -0.385 e. The van der Waals surface area contributed by atoms with E-state index in [1.807, 2.05) is 0 Å². The molecule has 2 rings (SSSR count).